The van der Waals surface area contributed by atoms with Gasteiger partial charge in [-0.05, 0) is 202 Å². The molecule has 9 heterocycles. The van der Waals surface area contributed by atoms with Gasteiger partial charge in [-0.25, -0.2) is 44.3 Å². The van der Waals surface area contributed by atoms with Crippen molar-refractivity contribution in [2.75, 3.05) is 19.3 Å². The van der Waals surface area contributed by atoms with Crippen LogP contribution >= 0.6 is 11.8 Å². The fraction of sp³-hybridized carbons (Fsp3) is 0.438. The van der Waals surface area contributed by atoms with E-state index in [0.29, 0.717) is 79.0 Å². The Balaban J connectivity index is 0.000000144. The molecule has 0 saturated carbocycles. The van der Waals surface area contributed by atoms with Crippen molar-refractivity contribution in [1.29, 1.82) is 0 Å². The van der Waals surface area contributed by atoms with Crippen LogP contribution in [-0.2, 0) is 58.1 Å². The van der Waals surface area contributed by atoms with E-state index in [-0.39, 0.29) is 187 Å². The average Bonchev–Trinajstić information content (AvgIpc) is 1.64. The molecule has 9 saturated heterocycles. The molecule has 0 spiro atoms. The van der Waals surface area contributed by atoms with E-state index < -0.39 is 70.5 Å². The highest BCUT2D eigenvalue weighted by atomic mass is 32.2. The lowest BCUT2D eigenvalue weighted by Gasteiger charge is -2.41. The van der Waals surface area contributed by atoms with E-state index >= 15 is 0 Å². The number of piperidine rings is 3. The summed E-state index contributed by atoms with van der Waals surface area (Å²) in [6, 6.07) is 23.6. The van der Waals surface area contributed by atoms with E-state index in [4.69, 9.17) is 17.2 Å². The van der Waals surface area contributed by atoms with Gasteiger partial charge in [0, 0.05) is 109 Å². The fourth-order valence-electron chi connectivity index (χ4n) is 17.6. The van der Waals surface area contributed by atoms with Gasteiger partial charge in [0.05, 0.1) is 25.4 Å². The SMILES string of the molecule is CN1CC(=O)N(Cc2cccc(C(=O)N3[C@@H]4CC[C@H]3CC([C@H](N)Cc3cc(F)c(F)cc3F)C4)c2)C1=O.N[C@H](Cc1cc(F)c(F)cc1F)C1C[C@H]2CC[C@@H](C1)N2C(=O)c1ccc(CN2C(=O)CCC2=O)cc1.N[C@H](Cc1cc(F)c(F)cc1F)C1C[C@H]2CC[C@@H](C1)N2C(=O)c1ccc(CN2C(=O)CSC2=O)cc1. The molecule has 19 nitrogen and oxygen atoms in total. The number of rotatable bonds is 18. The summed E-state index contributed by atoms with van der Waals surface area (Å²) < 4.78 is 123. The number of nitrogens with two attached hydrogens (primary N) is 3. The summed E-state index contributed by atoms with van der Waals surface area (Å²) in [7, 11) is 1.57. The van der Waals surface area contributed by atoms with Gasteiger partial charge in [-0.15, -0.1) is 0 Å². The summed E-state index contributed by atoms with van der Waals surface area (Å²) in [6.45, 7) is 0.541. The Hall–Kier alpha value is -9.45. The van der Waals surface area contributed by atoms with Crippen LogP contribution in [0.3, 0.4) is 0 Å². The molecule has 3 unspecified atom stereocenters. The summed E-state index contributed by atoms with van der Waals surface area (Å²) >= 11 is 0.989. The summed E-state index contributed by atoms with van der Waals surface area (Å²) in [5, 5.41) is -0.259. The van der Waals surface area contributed by atoms with Crippen LogP contribution in [0.4, 0.5) is 49.1 Å². The van der Waals surface area contributed by atoms with Gasteiger partial charge < -0.3 is 36.8 Å². The molecule has 0 radical (unpaired) electrons. The third-order valence-electron chi connectivity index (χ3n) is 23.3. The molecule has 576 valence electrons. The summed E-state index contributed by atoms with van der Waals surface area (Å²) in [5.74, 6) is -10.2. The lowest BCUT2D eigenvalue weighted by Crippen LogP contribution is -2.50. The zero-order chi connectivity index (χ0) is 77.5. The lowest BCUT2D eigenvalue weighted by molar-refractivity contribution is -0.139. The van der Waals surface area contributed by atoms with Crippen LogP contribution in [0.25, 0.3) is 0 Å². The van der Waals surface area contributed by atoms with Crippen molar-refractivity contribution in [2.45, 2.75) is 183 Å². The maximum absolute atomic E-state index is 14.1. The molecule has 109 heavy (non-hydrogen) atoms. The highest BCUT2D eigenvalue weighted by molar-refractivity contribution is 8.14. The number of likely N-dealkylation sites (tertiary alicyclic amines) is 1. The second-order valence-corrected chi connectivity index (χ2v) is 31.2. The van der Waals surface area contributed by atoms with Crippen LogP contribution in [-0.4, -0.2) is 161 Å². The van der Waals surface area contributed by atoms with Crippen LogP contribution < -0.4 is 17.2 Å². The highest BCUT2D eigenvalue weighted by Gasteiger charge is 2.48. The number of amides is 10. The molecular weight excluding hydrogens is 1450 g/mol. The topological polar surface area (TPSA) is 254 Å². The van der Waals surface area contributed by atoms with Gasteiger partial charge >= 0.3 is 6.03 Å². The number of fused-ring (bicyclic) bond motifs is 6. The smallest absolute Gasteiger partial charge is 0.327 e. The number of carbonyl (C=O) groups excluding carboxylic acids is 9. The van der Waals surface area contributed by atoms with Crippen LogP contribution in [0.2, 0.25) is 0 Å². The molecule has 29 heteroatoms. The molecule has 0 aromatic heterocycles. The van der Waals surface area contributed by atoms with Crippen molar-refractivity contribution in [3.05, 3.63) is 212 Å². The monoisotopic (exact) mass is 1530 g/mol. The molecule has 6 N–H and O–H groups in total. The number of thioether (sulfide) groups is 1. The maximum atomic E-state index is 14.1. The molecule has 15 rings (SSSR count). The van der Waals surface area contributed by atoms with E-state index in [9.17, 15) is 82.7 Å². The van der Waals surface area contributed by atoms with E-state index in [1.54, 1.807) is 79.8 Å². The van der Waals surface area contributed by atoms with Crippen molar-refractivity contribution in [1.82, 2.24) is 34.3 Å². The Kier molecular flexibility index (Phi) is 23.3. The Bertz CT molecular complexity index is 4300. The van der Waals surface area contributed by atoms with Crippen molar-refractivity contribution in [3.8, 4) is 0 Å². The largest absolute Gasteiger partial charge is 0.333 e. The lowest BCUT2D eigenvalue weighted by atomic mass is 9.82. The van der Waals surface area contributed by atoms with Gasteiger partial charge in [-0.1, -0.05) is 48.2 Å². The predicted octanol–water partition coefficient (Wildman–Crippen LogP) is 11.4. The summed E-state index contributed by atoms with van der Waals surface area (Å²) in [5.41, 5.74) is 23.2. The van der Waals surface area contributed by atoms with E-state index in [1.165, 1.54) is 19.6 Å². The first-order chi connectivity index (χ1) is 52.0. The Morgan fingerprint density at radius 1 is 0.394 bits per heavy atom. The first kappa shape index (κ1) is 77.7. The third-order valence-corrected chi connectivity index (χ3v) is 24.1. The maximum Gasteiger partial charge on any atom is 0.327 e. The molecule has 0 aliphatic carbocycles. The minimum Gasteiger partial charge on any atom is -0.333 e. The molecular formula is C80H83F9N10O9S. The first-order valence-electron chi connectivity index (χ1n) is 36.8. The van der Waals surface area contributed by atoms with Gasteiger partial charge in [-0.2, -0.15) is 0 Å². The molecule has 9 fully saturated rings. The van der Waals surface area contributed by atoms with E-state index in [1.807, 2.05) is 14.7 Å². The first-order valence-corrected chi connectivity index (χ1v) is 37.8. The average molecular weight is 1530 g/mol. The van der Waals surface area contributed by atoms with Crippen molar-refractivity contribution >= 4 is 64.4 Å². The van der Waals surface area contributed by atoms with Crippen molar-refractivity contribution in [3.63, 3.8) is 0 Å². The quantitative estimate of drug-likeness (QED) is 0.0314. The Morgan fingerprint density at radius 2 is 0.734 bits per heavy atom. The number of carbonyl (C=O) groups is 9. The fourth-order valence-corrected chi connectivity index (χ4v) is 18.3. The Morgan fingerprint density at radius 3 is 1.07 bits per heavy atom. The van der Waals surface area contributed by atoms with Gasteiger partial charge in [-0.3, -0.25) is 53.1 Å². The minimum atomic E-state index is -1.23. The number of urea groups is 1. The number of hydrogen-bond acceptors (Lipinski definition) is 13. The van der Waals surface area contributed by atoms with Crippen LogP contribution in [0.15, 0.2) is 109 Å². The highest BCUT2D eigenvalue weighted by Crippen LogP contribution is 2.45. The molecule has 6 aromatic rings. The van der Waals surface area contributed by atoms with E-state index in [2.05, 4.69) is 0 Å². The standard InChI is InChI=1S/C27H29F3N4O3.C27H28F3N3O3.C26H26F3N3O3S/c1-32-14-25(35)33(27(32)37)13-15-3-2-4-16(7-15)26(36)34-19-5-6-20(34)9-18(8-19)24(31)11-17-10-22(29)23(30)12-21(17)28;28-21-13-23(30)22(29)11-17(21)12-24(31)18-9-19-5-6-20(10-18)33(19)27(36)16-3-1-15(2-4-16)14-32-25(34)7-8-26(32)35;27-20-11-22(29)21(28)9-16(20)10-23(30)17-7-18-5-6-19(8-17)32(18)25(34)15-3-1-14(2-4-15)12-31-24(33)13-36-26(31)35/h2-4,7,10,12,18-20,24H,5-6,8-9,11,13-14,31H2,1H3;1-4,11,13,18-20,24H,5-10,12,14,31H2;1-4,9,11,17-19,23H,5-8,10,12-13,30H2/t2*18?,19-,20+,24-;17?,18-,19+,23-/m111/s1. The molecule has 6 aromatic carbocycles. The number of likely N-dealkylation sites (N-methyl/N-ethyl adjacent to an activating group) is 1. The van der Waals surface area contributed by atoms with Gasteiger partial charge in [0.2, 0.25) is 17.7 Å². The van der Waals surface area contributed by atoms with Crippen LogP contribution in [0.5, 0.6) is 0 Å². The van der Waals surface area contributed by atoms with Gasteiger partial charge in [0.15, 0.2) is 34.9 Å². The number of halogens is 9. The normalized spacial score (nSPS) is 24.4. The zero-order valence-electron chi connectivity index (χ0n) is 59.7. The second kappa shape index (κ2) is 32.6. The molecule has 12 atom stereocenters. The zero-order valence-corrected chi connectivity index (χ0v) is 60.5. The van der Waals surface area contributed by atoms with Gasteiger partial charge in [0.25, 0.3) is 28.9 Å². The molecule has 9 aliphatic heterocycles. The predicted molar refractivity (Wildman–Crippen MR) is 382 cm³/mol. The summed E-state index contributed by atoms with van der Waals surface area (Å²) in [6.07, 6.45) is 9.86. The van der Waals surface area contributed by atoms with Crippen LogP contribution in [0, 0.1) is 70.1 Å². The third kappa shape index (κ3) is 16.8. The van der Waals surface area contributed by atoms with Crippen LogP contribution in [0.1, 0.15) is 154 Å². The number of nitrogens with zero attached hydrogens (tertiary/aromatic N) is 7. The van der Waals surface area contributed by atoms with E-state index in [0.717, 1.165) is 79.6 Å². The number of benzene rings is 6. The molecule has 6 bridgehead atoms. The van der Waals surface area contributed by atoms with Gasteiger partial charge in [0.1, 0.15) is 24.0 Å². The molecule has 10 amide bonds. The number of hydrogen-bond donors (Lipinski definition) is 3. The minimum absolute atomic E-state index is 0.0126. The summed E-state index contributed by atoms with van der Waals surface area (Å²) in [4.78, 5) is 123. The Labute approximate surface area is 627 Å². The van der Waals surface area contributed by atoms with Crippen molar-refractivity contribution in [2.24, 2.45) is 35.0 Å². The van der Waals surface area contributed by atoms with Crippen molar-refractivity contribution < 1.29 is 82.7 Å². The second-order valence-electron chi connectivity index (χ2n) is 30.3. The number of imide groups is 3. The molecule has 9 aliphatic rings.